The summed E-state index contributed by atoms with van der Waals surface area (Å²) in [4.78, 5) is 4.94. The topological polar surface area (TPSA) is 27.7 Å². The minimum absolute atomic E-state index is 0.262. The first-order valence-electron chi connectivity index (χ1n) is 7.22. The van der Waals surface area contributed by atoms with E-state index in [1.807, 2.05) is 18.2 Å². The smallest absolute Gasteiger partial charge is 0.142 e. The maximum absolute atomic E-state index is 6.08. The Kier molecular flexibility index (Phi) is 3.89. The molecule has 1 saturated heterocycles. The highest BCUT2D eigenvalue weighted by Crippen LogP contribution is 2.28. The molecule has 2 aliphatic rings. The quantitative estimate of drug-likeness (QED) is 0.873. The first-order valence-corrected chi connectivity index (χ1v) is 7.22. The van der Waals surface area contributed by atoms with E-state index < -0.39 is 0 Å². The molecule has 4 nitrogen and oxygen atoms in total. The van der Waals surface area contributed by atoms with Crippen LogP contribution in [0.3, 0.4) is 0 Å². The number of likely N-dealkylation sites (N-methyl/N-ethyl adjacent to an activating group) is 1. The van der Waals surface area contributed by atoms with Crippen LogP contribution in [0.2, 0.25) is 0 Å². The molecule has 0 spiro atoms. The Morgan fingerprint density at radius 2 is 2.11 bits per heavy atom. The number of rotatable bonds is 2. The number of benzene rings is 1. The molecule has 1 atom stereocenters. The number of ether oxygens (including phenoxy) is 1. The van der Waals surface area contributed by atoms with Gasteiger partial charge in [-0.1, -0.05) is 12.1 Å². The SMILES string of the molecule is CN1CCCN(CC2CNc3ccccc3O2)CC1. The van der Waals surface area contributed by atoms with Gasteiger partial charge in [-0.2, -0.15) is 0 Å². The van der Waals surface area contributed by atoms with Gasteiger partial charge < -0.3 is 15.0 Å². The van der Waals surface area contributed by atoms with E-state index in [0.29, 0.717) is 0 Å². The summed E-state index contributed by atoms with van der Waals surface area (Å²) in [7, 11) is 2.21. The number of anilines is 1. The zero-order valence-electron chi connectivity index (χ0n) is 11.6. The average Bonchev–Trinajstić information content (AvgIpc) is 2.64. The van der Waals surface area contributed by atoms with Crippen molar-refractivity contribution in [2.24, 2.45) is 0 Å². The lowest BCUT2D eigenvalue weighted by Crippen LogP contribution is -2.42. The maximum atomic E-state index is 6.08. The molecule has 2 heterocycles. The molecule has 1 aromatic rings. The van der Waals surface area contributed by atoms with Crippen molar-refractivity contribution in [3.8, 4) is 5.75 Å². The number of nitrogens with zero attached hydrogens (tertiary/aromatic N) is 2. The Balaban J connectivity index is 1.57. The van der Waals surface area contributed by atoms with Crippen LogP contribution in [0.25, 0.3) is 0 Å². The highest BCUT2D eigenvalue weighted by molar-refractivity contribution is 5.57. The average molecular weight is 261 g/mol. The Morgan fingerprint density at radius 1 is 1.21 bits per heavy atom. The molecule has 104 valence electrons. The van der Waals surface area contributed by atoms with Crippen LogP contribution in [-0.4, -0.2) is 62.2 Å². The van der Waals surface area contributed by atoms with E-state index in [4.69, 9.17) is 4.74 Å². The molecule has 1 aromatic carbocycles. The number of fused-ring (bicyclic) bond motifs is 1. The van der Waals surface area contributed by atoms with Crippen LogP contribution in [0.5, 0.6) is 5.75 Å². The third kappa shape index (κ3) is 3.19. The summed E-state index contributed by atoms with van der Waals surface area (Å²) in [6.07, 6.45) is 1.52. The molecular weight excluding hydrogens is 238 g/mol. The van der Waals surface area contributed by atoms with Crippen molar-refractivity contribution >= 4 is 5.69 Å². The van der Waals surface area contributed by atoms with Crippen LogP contribution < -0.4 is 10.1 Å². The van der Waals surface area contributed by atoms with Crippen LogP contribution >= 0.6 is 0 Å². The van der Waals surface area contributed by atoms with Crippen molar-refractivity contribution in [3.63, 3.8) is 0 Å². The standard InChI is InChI=1S/C15H23N3O/c1-17-7-4-8-18(10-9-17)12-13-11-16-14-5-2-3-6-15(14)19-13/h2-3,5-6,13,16H,4,7-12H2,1H3. The van der Waals surface area contributed by atoms with E-state index in [1.54, 1.807) is 0 Å². The zero-order chi connectivity index (χ0) is 13.1. The van der Waals surface area contributed by atoms with Crippen molar-refractivity contribution in [1.29, 1.82) is 0 Å². The van der Waals surface area contributed by atoms with Crippen molar-refractivity contribution in [2.45, 2.75) is 12.5 Å². The van der Waals surface area contributed by atoms with Gasteiger partial charge in [0.05, 0.1) is 12.2 Å². The van der Waals surface area contributed by atoms with Gasteiger partial charge in [-0.25, -0.2) is 0 Å². The second-order valence-corrected chi connectivity index (χ2v) is 5.57. The van der Waals surface area contributed by atoms with Gasteiger partial charge in [-0.3, -0.25) is 4.90 Å². The normalized spacial score (nSPS) is 25.0. The van der Waals surface area contributed by atoms with E-state index in [2.05, 4.69) is 28.2 Å². The summed E-state index contributed by atoms with van der Waals surface area (Å²) < 4.78 is 6.08. The minimum atomic E-state index is 0.262. The molecule has 0 amide bonds. The molecule has 2 aliphatic heterocycles. The Morgan fingerprint density at radius 3 is 3.05 bits per heavy atom. The van der Waals surface area contributed by atoms with E-state index in [-0.39, 0.29) is 6.10 Å². The monoisotopic (exact) mass is 261 g/mol. The molecule has 3 rings (SSSR count). The van der Waals surface area contributed by atoms with Crippen LogP contribution in [-0.2, 0) is 0 Å². The van der Waals surface area contributed by atoms with E-state index in [0.717, 1.165) is 37.6 Å². The second kappa shape index (κ2) is 5.80. The summed E-state index contributed by atoms with van der Waals surface area (Å²) >= 11 is 0. The van der Waals surface area contributed by atoms with Gasteiger partial charge in [0.1, 0.15) is 11.9 Å². The van der Waals surface area contributed by atoms with Gasteiger partial charge in [0.2, 0.25) is 0 Å². The first-order chi connectivity index (χ1) is 9.31. The molecule has 19 heavy (non-hydrogen) atoms. The summed E-state index contributed by atoms with van der Waals surface area (Å²) in [5, 5.41) is 3.46. The lowest BCUT2D eigenvalue weighted by Gasteiger charge is -2.31. The van der Waals surface area contributed by atoms with Gasteiger partial charge in [0.15, 0.2) is 0 Å². The van der Waals surface area contributed by atoms with E-state index >= 15 is 0 Å². The Labute approximate surface area is 115 Å². The molecule has 4 heteroatoms. The fraction of sp³-hybridized carbons (Fsp3) is 0.600. The summed E-state index contributed by atoms with van der Waals surface area (Å²) in [5.74, 6) is 0.991. The zero-order valence-corrected chi connectivity index (χ0v) is 11.6. The van der Waals surface area contributed by atoms with Crippen LogP contribution in [0.4, 0.5) is 5.69 Å². The largest absolute Gasteiger partial charge is 0.485 e. The van der Waals surface area contributed by atoms with Crippen molar-refractivity contribution < 1.29 is 4.74 Å². The number of para-hydroxylation sites is 2. The molecule has 0 bridgehead atoms. The molecule has 0 saturated carbocycles. The van der Waals surface area contributed by atoms with Gasteiger partial charge in [-0.05, 0) is 38.7 Å². The van der Waals surface area contributed by atoms with Crippen LogP contribution in [0, 0.1) is 0 Å². The minimum Gasteiger partial charge on any atom is -0.485 e. The van der Waals surface area contributed by atoms with Gasteiger partial charge >= 0.3 is 0 Å². The fourth-order valence-electron chi connectivity index (χ4n) is 2.83. The van der Waals surface area contributed by atoms with Crippen LogP contribution in [0.1, 0.15) is 6.42 Å². The molecule has 1 unspecified atom stereocenters. The first kappa shape index (κ1) is 12.8. The third-order valence-corrected chi connectivity index (χ3v) is 3.97. The lowest BCUT2D eigenvalue weighted by atomic mass is 10.2. The van der Waals surface area contributed by atoms with E-state index in [9.17, 15) is 0 Å². The number of hydrogen-bond donors (Lipinski definition) is 1. The molecule has 1 N–H and O–H groups in total. The van der Waals surface area contributed by atoms with Crippen molar-refractivity contribution in [1.82, 2.24) is 9.80 Å². The number of nitrogens with one attached hydrogen (secondary N) is 1. The summed E-state index contributed by atoms with van der Waals surface area (Å²) in [6.45, 7) is 6.64. The predicted octanol–water partition coefficient (Wildman–Crippen LogP) is 1.50. The van der Waals surface area contributed by atoms with Crippen molar-refractivity contribution in [3.05, 3.63) is 24.3 Å². The van der Waals surface area contributed by atoms with Gasteiger partial charge in [0.25, 0.3) is 0 Å². The van der Waals surface area contributed by atoms with Gasteiger partial charge in [0, 0.05) is 19.6 Å². The molecular formula is C15H23N3O. The van der Waals surface area contributed by atoms with E-state index in [1.165, 1.54) is 19.5 Å². The summed E-state index contributed by atoms with van der Waals surface area (Å²) in [5.41, 5.74) is 1.12. The highest BCUT2D eigenvalue weighted by Gasteiger charge is 2.22. The second-order valence-electron chi connectivity index (χ2n) is 5.57. The third-order valence-electron chi connectivity index (χ3n) is 3.97. The Bertz CT molecular complexity index is 424. The molecule has 1 fully saturated rings. The lowest BCUT2D eigenvalue weighted by molar-refractivity contribution is 0.138. The highest BCUT2D eigenvalue weighted by atomic mass is 16.5. The van der Waals surface area contributed by atoms with Crippen LogP contribution in [0.15, 0.2) is 24.3 Å². The maximum Gasteiger partial charge on any atom is 0.142 e. The fourth-order valence-corrected chi connectivity index (χ4v) is 2.83. The molecule has 0 aliphatic carbocycles. The molecule has 0 radical (unpaired) electrons. The van der Waals surface area contributed by atoms with Crippen molar-refractivity contribution in [2.75, 3.05) is 51.6 Å². The molecule has 0 aromatic heterocycles. The Hall–Kier alpha value is -1.26. The van der Waals surface area contributed by atoms with Gasteiger partial charge in [-0.15, -0.1) is 0 Å². The summed E-state index contributed by atoms with van der Waals surface area (Å²) in [6, 6.07) is 8.20. The number of hydrogen-bond acceptors (Lipinski definition) is 4. The predicted molar refractivity (Wildman–Crippen MR) is 77.9 cm³/mol.